The van der Waals surface area contributed by atoms with Crippen LogP contribution < -0.4 is 10.8 Å². The number of rotatable bonds is 6. The van der Waals surface area contributed by atoms with E-state index in [0.717, 1.165) is 6.20 Å². The standard InChI is InChI=1S/C18H23BF4N2O2/c1-10(24)12(8-25-9-14(20)21)11-6-7-13(16(23)15(11)22)19-26-17(2,3)18(4,5)27-19/h6-8,14,24-25H,9H2,1-5H3/b12-8+,24-10?. The van der Waals surface area contributed by atoms with Crippen LogP contribution in [-0.2, 0) is 9.31 Å². The third-order valence-electron chi connectivity index (χ3n) is 4.83. The molecule has 0 amide bonds. The summed E-state index contributed by atoms with van der Waals surface area (Å²) in [6.07, 6.45) is -1.53. The summed E-state index contributed by atoms with van der Waals surface area (Å²) in [6, 6.07) is 2.60. The van der Waals surface area contributed by atoms with Crippen LogP contribution in [0.4, 0.5) is 17.6 Å². The highest BCUT2D eigenvalue weighted by Gasteiger charge is 2.52. The van der Waals surface area contributed by atoms with E-state index in [1.807, 2.05) is 0 Å². The Balaban J connectivity index is 2.38. The van der Waals surface area contributed by atoms with Gasteiger partial charge in [-0.15, -0.1) is 0 Å². The number of halogens is 4. The second kappa shape index (κ2) is 7.63. The first-order valence-corrected chi connectivity index (χ1v) is 8.48. The summed E-state index contributed by atoms with van der Waals surface area (Å²) in [6.45, 7) is 7.88. The van der Waals surface area contributed by atoms with Crippen molar-refractivity contribution >= 4 is 23.9 Å². The minimum Gasteiger partial charge on any atom is -0.399 e. The van der Waals surface area contributed by atoms with Gasteiger partial charge in [0.15, 0.2) is 11.6 Å². The Kier molecular flexibility index (Phi) is 6.06. The topological polar surface area (TPSA) is 54.3 Å². The maximum absolute atomic E-state index is 14.7. The molecule has 0 bridgehead atoms. The molecular formula is C18H23BF4N2O2. The van der Waals surface area contributed by atoms with Crippen LogP contribution >= 0.6 is 0 Å². The molecule has 0 radical (unpaired) electrons. The summed E-state index contributed by atoms with van der Waals surface area (Å²) in [5, 5.41) is 10.0. The highest BCUT2D eigenvalue weighted by Crippen LogP contribution is 2.37. The normalized spacial score (nSPS) is 18.9. The fourth-order valence-corrected chi connectivity index (χ4v) is 2.56. The highest BCUT2D eigenvalue weighted by atomic mass is 19.3. The predicted octanol–water partition coefficient (Wildman–Crippen LogP) is 3.50. The van der Waals surface area contributed by atoms with Crippen LogP contribution in [0.15, 0.2) is 18.3 Å². The van der Waals surface area contributed by atoms with Gasteiger partial charge in [0.25, 0.3) is 6.43 Å². The molecule has 0 aliphatic carbocycles. The number of alkyl halides is 2. The Bertz CT molecular complexity index is 750. The second-order valence-electron chi connectivity index (χ2n) is 7.40. The van der Waals surface area contributed by atoms with E-state index in [2.05, 4.69) is 5.32 Å². The lowest BCUT2D eigenvalue weighted by Gasteiger charge is -2.32. The highest BCUT2D eigenvalue weighted by molar-refractivity contribution is 6.62. The zero-order valence-electron chi connectivity index (χ0n) is 15.9. The molecule has 0 spiro atoms. The van der Waals surface area contributed by atoms with E-state index in [4.69, 9.17) is 14.7 Å². The first-order valence-electron chi connectivity index (χ1n) is 8.48. The largest absolute Gasteiger partial charge is 0.497 e. The van der Waals surface area contributed by atoms with Crippen molar-refractivity contribution in [3.63, 3.8) is 0 Å². The third-order valence-corrected chi connectivity index (χ3v) is 4.83. The van der Waals surface area contributed by atoms with Gasteiger partial charge in [-0.25, -0.2) is 17.6 Å². The molecule has 1 saturated heterocycles. The SMILES string of the molecule is CC(=N)/C(=C\NCC(F)F)c1ccc(B2OC(C)(C)C(C)(C)O2)c(F)c1F. The zero-order valence-corrected chi connectivity index (χ0v) is 15.9. The molecule has 1 fully saturated rings. The number of hydrogen-bond acceptors (Lipinski definition) is 4. The minimum absolute atomic E-state index is 0.0208. The van der Waals surface area contributed by atoms with Gasteiger partial charge in [-0.2, -0.15) is 0 Å². The number of allylic oxidation sites excluding steroid dienone is 1. The van der Waals surface area contributed by atoms with Gasteiger partial charge in [0, 0.05) is 28.5 Å². The Hall–Kier alpha value is -1.87. The molecule has 1 aliphatic heterocycles. The van der Waals surface area contributed by atoms with Gasteiger partial charge in [0.1, 0.15) is 0 Å². The fraction of sp³-hybridized carbons (Fsp3) is 0.500. The molecule has 9 heteroatoms. The average Bonchev–Trinajstić information content (AvgIpc) is 2.74. The van der Waals surface area contributed by atoms with E-state index < -0.39 is 42.9 Å². The summed E-state index contributed by atoms with van der Waals surface area (Å²) in [7, 11) is -1.08. The van der Waals surface area contributed by atoms with Crippen molar-refractivity contribution < 1.29 is 26.9 Å². The number of nitrogens with one attached hydrogen (secondary N) is 2. The van der Waals surface area contributed by atoms with Gasteiger partial charge in [-0.05, 0) is 34.6 Å². The van der Waals surface area contributed by atoms with Crippen LogP contribution in [-0.4, -0.2) is 37.0 Å². The minimum atomic E-state index is -2.61. The lowest BCUT2D eigenvalue weighted by molar-refractivity contribution is 0.00578. The molecule has 1 aromatic carbocycles. The molecule has 1 heterocycles. The summed E-state index contributed by atoms with van der Waals surface area (Å²) >= 11 is 0. The Morgan fingerprint density at radius 3 is 2.19 bits per heavy atom. The first-order chi connectivity index (χ1) is 12.4. The van der Waals surface area contributed by atoms with Crippen molar-refractivity contribution in [1.29, 1.82) is 5.41 Å². The van der Waals surface area contributed by atoms with Crippen molar-refractivity contribution in [3.8, 4) is 0 Å². The molecule has 0 saturated carbocycles. The van der Waals surface area contributed by atoms with Crippen molar-refractivity contribution in [2.45, 2.75) is 52.2 Å². The molecule has 27 heavy (non-hydrogen) atoms. The van der Waals surface area contributed by atoms with E-state index in [1.54, 1.807) is 27.7 Å². The number of benzene rings is 1. The zero-order chi connectivity index (χ0) is 20.6. The molecule has 2 N–H and O–H groups in total. The van der Waals surface area contributed by atoms with Gasteiger partial charge in [0.05, 0.1) is 17.7 Å². The quantitative estimate of drug-likeness (QED) is 0.447. The van der Waals surface area contributed by atoms with Crippen molar-refractivity contribution in [1.82, 2.24) is 5.32 Å². The number of hydrogen-bond donors (Lipinski definition) is 2. The van der Waals surface area contributed by atoms with E-state index in [9.17, 15) is 17.6 Å². The van der Waals surface area contributed by atoms with Gasteiger partial charge in [-0.3, -0.25) is 0 Å². The van der Waals surface area contributed by atoms with Crippen LogP contribution in [0.3, 0.4) is 0 Å². The van der Waals surface area contributed by atoms with Gasteiger partial charge >= 0.3 is 7.12 Å². The summed E-state index contributed by atoms with van der Waals surface area (Å²) in [5.74, 6) is -2.36. The molecule has 0 unspecified atom stereocenters. The van der Waals surface area contributed by atoms with Gasteiger partial charge in [-0.1, -0.05) is 12.1 Å². The van der Waals surface area contributed by atoms with E-state index in [1.165, 1.54) is 19.1 Å². The maximum atomic E-state index is 14.7. The van der Waals surface area contributed by atoms with Crippen molar-refractivity contribution in [3.05, 3.63) is 35.5 Å². The lowest BCUT2D eigenvalue weighted by Crippen LogP contribution is -2.41. The van der Waals surface area contributed by atoms with E-state index in [-0.39, 0.29) is 22.3 Å². The van der Waals surface area contributed by atoms with Gasteiger partial charge < -0.3 is 20.0 Å². The van der Waals surface area contributed by atoms with E-state index in [0.29, 0.717) is 0 Å². The van der Waals surface area contributed by atoms with E-state index >= 15 is 0 Å². The fourth-order valence-electron chi connectivity index (χ4n) is 2.56. The molecule has 0 atom stereocenters. The van der Waals surface area contributed by atoms with Gasteiger partial charge in [0.2, 0.25) is 0 Å². The predicted molar refractivity (Wildman–Crippen MR) is 97.5 cm³/mol. The second-order valence-corrected chi connectivity index (χ2v) is 7.40. The third kappa shape index (κ3) is 4.35. The van der Waals surface area contributed by atoms with Crippen molar-refractivity contribution in [2.75, 3.05) is 6.54 Å². The van der Waals surface area contributed by atoms with Crippen LogP contribution in [0.1, 0.15) is 40.2 Å². The molecule has 148 valence electrons. The van der Waals surface area contributed by atoms with Crippen LogP contribution in [0.2, 0.25) is 0 Å². The van der Waals surface area contributed by atoms with Crippen LogP contribution in [0.25, 0.3) is 5.57 Å². The van der Waals surface area contributed by atoms with Crippen molar-refractivity contribution in [2.24, 2.45) is 0 Å². The lowest BCUT2D eigenvalue weighted by atomic mass is 9.77. The molecule has 1 aromatic rings. The smallest absolute Gasteiger partial charge is 0.399 e. The van der Waals surface area contributed by atoms with Crippen LogP contribution in [0, 0.1) is 17.0 Å². The molecule has 4 nitrogen and oxygen atoms in total. The Morgan fingerprint density at radius 1 is 1.15 bits per heavy atom. The average molecular weight is 386 g/mol. The Morgan fingerprint density at radius 2 is 1.70 bits per heavy atom. The Labute approximate surface area is 156 Å². The first kappa shape index (κ1) is 21.4. The monoisotopic (exact) mass is 386 g/mol. The summed E-state index contributed by atoms with van der Waals surface area (Å²) in [5.41, 5.74) is -1.85. The summed E-state index contributed by atoms with van der Waals surface area (Å²) in [4.78, 5) is 0. The summed E-state index contributed by atoms with van der Waals surface area (Å²) < 4.78 is 65.5. The molecular weight excluding hydrogens is 363 g/mol. The molecule has 1 aliphatic rings. The van der Waals surface area contributed by atoms with Crippen LogP contribution in [0.5, 0.6) is 0 Å². The maximum Gasteiger partial charge on any atom is 0.497 e. The molecule has 2 rings (SSSR count). The molecule has 0 aromatic heterocycles.